The molecule has 1 fully saturated rings. The van der Waals surface area contributed by atoms with Gasteiger partial charge < -0.3 is 14.6 Å². The minimum atomic E-state index is -1.02. The van der Waals surface area contributed by atoms with Crippen LogP contribution in [0.1, 0.15) is 15.9 Å². The van der Waals surface area contributed by atoms with Crippen LogP contribution < -0.4 is 0 Å². The summed E-state index contributed by atoms with van der Waals surface area (Å²) in [6.45, 7) is 0.938. The number of benzene rings is 2. The van der Waals surface area contributed by atoms with E-state index in [9.17, 15) is 4.79 Å². The van der Waals surface area contributed by atoms with Gasteiger partial charge in [0.1, 0.15) is 0 Å². The molecule has 132 valence electrons. The van der Waals surface area contributed by atoms with Crippen LogP contribution in [-0.4, -0.2) is 44.5 Å². The summed E-state index contributed by atoms with van der Waals surface area (Å²) in [5.41, 5.74) is 1.70. The maximum Gasteiger partial charge on any atom is 0.335 e. The Morgan fingerprint density at radius 1 is 1.08 bits per heavy atom. The molecule has 0 radical (unpaired) electrons. The zero-order valence-corrected chi connectivity index (χ0v) is 14.3. The number of rotatable bonds is 5. The molecule has 0 aliphatic carbocycles. The van der Waals surface area contributed by atoms with Gasteiger partial charge in [0.2, 0.25) is 5.16 Å². The minimum Gasteiger partial charge on any atom is -0.478 e. The maximum absolute atomic E-state index is 11.0. The molecule has 3 aromatic rings. The Morgan fingerprint density at radius 2 is 1.77 bits per heavy atom. The summed E-state index contributed by atoms with van der Waals surface area (Å²) in [4.78, 5) is 11.0. The Kier molecular flexibility index (Phi) is 4.41. The molecule has 1 aliphatic heterocycles. The number of carboxylic acid groups (broad SMARTS) is 1. The normalized spacial score (nSPS) is 15.8. The molecule has 2 aromatic carbocycles. The smallest absolute Gasteiger partial charge is 0.335 e. The first-order chi connectivity index (χ1) is 12.7. The van der Waals surface area contributed by atoms with Crippen LogP contribution in [0.3, 0.4) is 0 Å². The Morgan fingerprint density at radius 3 is 2.42 bits per heavy atom. The Hall–Kier alpha value is -2.75. The van der Waals surface area contributed by atoms with Crippen molar-refractivity contribution in [1.29, 1.82) is 0 Å². The second kappa shape index (κ2) is 6.87. The number of carbonyl (C=O) groups is 1. The Labute approximate surface area is 152 Å². The number of tetrazole rings is 1. The van der Waals surface area contributed by atoms with Crippen molar-refractivity contribution in [2.75, 3.05) is 13.2 Å². The highest BCUT2D eigenvalue weighted by atomic mass is 32.2. The van der Waals surface area contributed by atoms with Gasteiger partial charge in [-0.3, -0.25) is 0 Å². The predicted molar refractivity (Wildman–Crippen MR) is 92.0 cm³/mol. The van der Waals surface area contributed by atoms with E-state index in [1.165, 1.54) is 28.6 Å². The molecule has 1 aromatic heterocycles. The van der Waals surface area contributed by atoms with Crippen LogP contribution in [0.2, 0.25) is 0 Å². The lowest BCUT2D eigenvalue weighted by atomic mass is 10.2. The summed E-state index contributed by atoms with van der Waals surface area (Å²) >= 11 is 1.26. The van der Waals surface area contributed by atoms with Gasteiger partial charge >= 0.3 is 5.97 Å². The molecule has 1 aliphatic rings. The molecule has 0 spiro atoms. The SMILES string of the molecule is O=C(O)c1ccc(-n2nnnc2SC2(c3ccccc3)OCCO2)cc1. The average Bonchev–Trinajstić information content (AvgIpc) is 3.33. The van der Waals surface area contributed by atoms with Crippen molar-refractivity contribution < 1.29 is 19.4 Å². The van der Waals surface area contributed by atoms with Gasteiger partial charge in [0.15, 0.2) is 0 Å². The van der Waals surface area contributed by atoms with E-state index in [2.05, 4.69) is 15.5 Å². The highest BCUT2D eigenvalue weighted by molar-refractivity contribution is 7.99. The summed E-state index contributed by atoms with van der Waals surface area (Å²) in [7, 11) is 0. The molecule has 4 rings (SSSR count). The van der Waals surface area contributed by atoms with Gasteiger partial charge in [0, 0.05) is 5.56 Å². The standard InChI is InChI=1S/C17H14N4O4S/c22-15(23)12-6-8-14(9-7-12)21-16(18-19-20-21)26-17(24-10-11-25-17)13-4-2-1-3-5-13/h1-9H,10-11H2,(H,22,23). The van der Waals surface area contributed by atoms with Crippen molar-refractivity contribution in [2.24, 2.45) is 0 Å². The maximum atomic E-state index is 11.0. The van der Waals surface area contributed by atoms with Crippen LogP contribution in [0.5, 0.6) is 0 Å². The molecule has 0 unspecified atom stereocenters. The molecular weight excluding hydrogens is 356 g/mol. The number of nitrogens with zero attached hydrogens (tertiary/aromatic N) is 4. The molecule has 0 atom stereocenters. The molecule has 9 heteroatoms. The number of aromatic nitrogens is 4. The lowest BCUT2D eigenvalue weighted by molar-refractivity contribution is -0.0818. The fraction of sp³-hybridized carbons (Fsp3) is 0.176. The third kappa shape index (κ3) is 3.07. The minimum absolute atomic E-state index is 0.194. The number of hydrogen-bond donors (Lipinski definition) is 1. The molecule has 26 heavy (non-hydrogen) atoms. The average molecular weight is 370 g/mol. The zero-order chi connectivity index (χ0) is 18.0. The molecule has 0 saturated carbocycles. The van der Waals surface area contributed by atoms with E-state index in [0.29, 0.717) is 24.1 Å². The van der Waals surface area contributed by atoms with Crippen molar-refractivity contribution in [3.05, 3.63) is 65.7 Å². The summed E-state index contributed by atoms with van der Waals surface area (Å²) in [6, 6.07) is 15.9. The van der Waals surface area contributed by atoms with Crippen molar-refractivity contribution >= 4 is 17.7 Å². The molecule has 2 heterocycles. The highest BCUT2D eigenvalue weighted by Crippen LogP contribution is 2.45. The zero-order valence-electron chi connectivity index (χ0n) is 13.5. The first kappa shape index (κ1) is 16.7. The molecule has 0 bridgehead atoms. The Bertz CT molecular complexity index is 908. The van der Waals surface area contributed by atoms with Gasteiger partial charge in [-0.1, -0.05) is 30.3 Å². The van der Waals surface area contributed by atoms with E-state index < -0.39 is 11.1 Å². The largest absolute Gasteiger partial charge is 0.478 e. The van der Waals surface area contributed by atoms with Crippen molar-refractivity contribution in [1.82, 2.24) is 20.2 Å². The lowest BCUT2D eigenvalue weighted by Crippen LogP contribution is -2.23. The molecule has 0 amide bonds. The van der Waals surface area contributed by atoms with Gasteiger partial charge in [-0.2, -0.15) is 4.68 Å². The van der Waals surface area contributed by atoms with Crippen LogP contribution in [0.4, 0.5) is 0 Å². The van der Waals surface area contributed by atoms with Crippen LogP contribution in [0, 0.1) is 0 Å². The molecule has 1 N–H and O–H groups in total. The first-order valence-corrected chi connectivity index (χ1v) is 8.64. The van der Waals surface area contributed by atoms with E-state index in [4.69, 9.17) is 14.6 Å². The topological polar surface area (TPSA) is 99.4 Å². The fourth-order valence-electron chi connectivity index (χ4n) is 2.59. The Balaban J connectivity index is 1.67. The fourth-order valence-corrected chi connectivity index (χ4v) is 3.68. The van der Waals surface area contributed by atoms with Crippen molar-refractivity contribution in [3.8, 4) is 5.69 Å². The quantitative estimate of drug-likeness (QED) is 0.730. The van der Waals surface area contributed by atoms with E-state index in [1.807, 2.05) is 30.3 Å². The summed E-state index contributed by atoms with van der Waals surface area (Å²) in [5, 5.41) is 20.3. The van der Waals surface area contributed by atoms with E-state index in [-0.39, 0.29) is 5.56 Å². The van der Waals surface area contributed by atoms with E-state index >= 15 is 0 Å². The van der Waals surface area contributed by atoms with Gasteiger partial charge in [-0.25, -0.2) is 4.79 Å². The van der Waals surface area contributed by atoms with Crippen LogP contribution in [-0.2, 0) is 14.6 Å². The molecule has 1 saturated heterocycles. The van der Waals surface area contributed by atoms with Crippen LogP contribution in [0.25, 0.3) is 5.69 Å². The summed E-state index contributed by atoms with van der Waals surface area (Å²) in [5.74, 6) is -0.987. The number of ether oxygens (including phenoxy) is 2. The van der Waals surface area contributed by atoms with Gasteiger partial charge in [0.05, 0.1) is 24.5 Å². The van der Waals surface area contributed by atoms with Gasteiger partial charge in [-0.15, -0.1) is 5.10 Å². The number of aromatic carboxylic acids is 1. The summed E-state index contributed by atoms with van der Waals surface area (Å²) in [6.07, 6.45) is 0. The monoisotopic (exact) mass is 370 g/mol. The third-order valence-electron chi connectivity index (χ3n) is 3.82. The second-order valence-corrected chi connectivity index (χ2v) is 6.55. The van der Waals surface area contributed by atoms with E-state index in [1.54, 1.807) is 12.1 Å². The van der Waals surface area contributed by atoms with Crippen LogP contribution >= 0.6 is 11.8 Å². The highest BCUT2D eigenvalue weighted by Gasteiger charge is 2.42. The number of hydrogen-bond acceptors (Lipinski definition) is 7. The molecular formula is C17H14N4O4S. The first-order valence-electron chi connectivity index (χ1n) is 7.82. The number of carboxylic acids is 1. The summed E-state index contributed by atoms with van der Waals surface area (Å²) < 4.78 is 13.3. The second-order valence-electron chi connectivity index (χ2n) is 5.45. The van der Waals surface area contributed by atoms with Gasteiger partial charge in [-0.05, 0) is 46.5 Å². The van der Waals surface area contributed by atoms with Crippen molar-refractivity contribution in [2.45, 2.75) is 10.3 Å². The van der Waals surface area contributed by atoms with E-state index in [0.717, 1.165) is 5.56 Å². The number of thioether (sulfide) groups is 1. The molecule has 8 nitrogen and oxygen atoms in total. The van der Waals surface area contributed by atoms with Gasteiger partial charge in [0.25, 0.3) is 5.12 Å². The lowest BCUT2D eigenvalue weighted by Gasteiger charge is -2.25. The predicted octanol–water partition coefficient (Wildman–Crippen LogP) is 2.31. The van der Waals surface area contributed by atoms with Crippen molar-refractivity contribution in [3.63, 3.8) is 0 Å². The van der Waals surface area contributed by atoms with Crippen LogP contribution in [0.15, 0.2) is 59.8 Å². The third-order valence-corrected chi connectivity index (χ3v) is 5.00.